The lowest BCUT2D eigenvalue weighted by Crippen LogP contribution is -2.37. The molecule has 1 N–H and O–H groups in total. The van der Waals surface area contributed by atoms with Gasteiger partial charge in [-0.25, -0.2) is 0 Å². The minimum atomic E-state index is 0.717. The maximum absolute atomic E-state index is 3.63. The van der Waals surface area contributed by atoms with Crippen LogP contribution in [0, 0.1) is 5.92 Å². The van der Waals surface area contributed by atoms with Crippen LogP contribution in [0.3, 0.4) is 0 Å². The first-order valence-corrected chi connectivity index (χ1v) is 6.87. The van der Waals surface area contributed by atoms with Crippen molar-refractivity contribution in [3.05, 3.63) is 0 Å². The molecule has 0 amide bonds. The molecule has 80 valence electrons. The number of thioether (sulfide) groups is 1. The summed E-state index contributed by atoms with van der Waals surface area (Å²) in [5.74, 6) is 2.07. The average Bonchev–Trinajstić information content (AvgIpc) is 2.12. The molecule has 0 fully saturated rings. The first-order valence-electron chi connectivity index (χ1n) is 5.48. The Hall–Kier alpha value is 0.310. The Morgan fingerprint density at radius 1 is 1.23 bits per heavy atom. The molecule has 2 heteroatoms. The van der Waals surface area contributed by atoms with Crippen molar-refractivity contribution in [2.75, 3.05) is 18.6 Å². The second-order valence-electron chi connectivity index (χ2n) is 3.78. The lowest BCUT2D eigenvalue weighted by atomic mass is 9.98. The predicted molar refractivity (Wildman–Crippen MR) is 64.5 cm³/mol. The highest BCUT2D eigenvalue weighted by molar-refractivity contribution is 7.98. The van der Waals surface area contributed by atoms with Crippen molar-refractivity contribution in [3.63, 3.8) is 0 Å². The molecule has 0 aliphatic heterocycles. The summed E-state index contributed by atoms with van der Waals surface area (Å²) in [6, 6.07) is 0.717. The molecule has 0 rings (SSSR count). The Labute approximate surface area is 88.1 Å². The summed E-state index contributed by atoms with van der Waals surface area (Å²) < 4.78 is 0. The van der Waals surface area contributed by atoms with E-state index in [1.807, 2.05) is 11.8 Å². The van der Waals surface area contributed by atoms with Crippen LogP contribution >= 0.6 is 11.8 Å². The zero-order valence-electron chi connectivity index (χ0n) is 9.60. The normalized spacial score (nSPS) is 15.7. The van der Waals surface area contributed by atoms with Crippen LogP contribution in [0.2, 0.25) is 0 Å². The summed E-state index contributed by atoms with van der Waals surface area (Å²) in [7, 11) is 0. The van der Waals surface area contributed by atoms with Gasteiger partial charge in [-0.3, -0.25) is 0 Å². The maximum Gasteiger partial charge on any atom is 0.0183 e. The molecule has 0 spiro atoms. The summed E-state index contributed by atoms with van der Waals surface area (Å²) in [6.07, 6.45) is 6.09. The summed E-state index contributed by atoms with van der Waals surface area (Å²) in [5, 5.41) is 3.63. The number of rotatable bonds is 8. The van der Waals surface area contributed by atoms with Gasteiger partial charge in [0.15, 0.2) is 0 Å². The second kappa shape index (κ2) is 8.89. The Morgan fingerprint density at radius 2 is 1.92 bits per heavy atom. The quantitative estimate of drug-likeness (QED) is 0.650. The predicted octanol–water partition coefficient (Wildman–Crippen LogP) is 3.15. The molecule has 2 unspecified atom stereocenters. The van der Waals surface area contributed by atoms with Crippen LogP contribution in [-0.4, -0.2) is 24.6 Å². The van der Waals surface area contributed by atoms with E-state index >= 15 is 0 Å². The van der Waals surface area contributed by atoms with Crippen molar-refractivity contribution in [1.29, 1.82) is 0 Å². The van der Waals surface area contributed by atoms with E-state index in [4.69, 9.17) is 0 Å². The molecule has 2 atom stereocenters. The van der Waals surface area contributed by atoms with Gasteiger partial charge in [0.25, 0.3) is 0 Å². The van der Waals surface area contributed by atoms with Crippen LogP contribution in [-0.2, 0) is 0 Å². The van der Waals surface area contributed by atoms with E-state index in [1.54, 1.807) is 0 Å². The lowest BCUT2D eigenvalue weighted by Gasteiger charge is -2.24. The van der Waals surface area contributed by atoms with Gasteiger partial charge in [0.1, 0.15) is 0 Å². The zero-order valence-corrected chi connectivity index (χ0v) is 10.4. The Morgan fingerprint density at radius 3 is 2.38 bits per heavy atom. The lowest BCUT2D eigenvalue weighted by molar-refractivity contribution is 0.382. The Bertz CT molecular complexity index is 106. The van der Waals surface area contributed by atoms with Crippen molar-refractivity contribution in [1.82, 2.24) is 5.32 Å². The van der Waals surface area contributed by atoms with E-state index in [2.05, 4.69) is 32.3 Å². The summed E-state index contributed by atoms with van der Waals surface area (Å²) in [6.45, 7) is 8.03. The van der Waals surface area contributed by atoms with E-state index in [1.165, 1.54) is 31.6 Å². The fourth-order valence-electron chi connectivity index (χ4n) is 1.59. The zero-order chi connectivity index (χ0) is 10.1. The van der Waals surface area contributed by atoms with Crippen LogP contribution in [0.15, 0.2) is 0 Å². The van der Waals surface area contributed by atoms with E-state index in [9.17, 15) is 0 Å². The highest BCUT2D eigenvalue weighted by Gasteiger charge is 2.14. The largest absolute Gasteiger partial charge is 0.313 e. The molecule has 0 radical (unpaired) electrons. The SMILES string of the molecule is CCCNC(CSC)C(C)CCC. The van der Waals surface area contributed by atoms with Gasteiger partial charge in [0.05, 0.1) is 0 Å². The summed E-state index contributed by atoms with van der Waals surface area (Å²) >= 11 is 1.95. The minimum absolute atomic E-state index is 0.717. The molecule has 0 aliphatic rings. The van der Waals surface area contributed by atoms with Crippen LogP contribution in [0.5, 0.6) is 0 Å². The highest BCUT2D eigenvalue weighted by Crippen LogP contribution is 2.14. The summed E-state index contributed by atoms with van der Waals surface area (Å²) in [5.41, 5.74) is 0. The smallest absolute Gasteiger partial charge is 0.0183 e. The van der Waals surface area contributed by atoms with Gasteiger partial charge in [0, 0.05) is 11.8 Å². The van der Waals surface area contributed by atoms with Crippen LogP contribution in [0.1, 0.15) is 40.0 Å². The van der Waals surface area contributed by atoms with Gasteiger partial charge in [0.2, 0.25) is 0 Å². The third kappa shape index (κ3) is 6.39. The maximum atomic E-state index is 3.63. The van der Waals surface area contributed by atoms with E-state index < -0.39 is 0 Å². The monoisotopic (exact) mass is 203 g/mol. The first-order chi connectivity index (χ1) is 6.26. The first kappa shape index (κ1) is 13.3. The molecule has 13 heavy (non-hydrogen) atoms. The molecule has 0 saturated heterocycles. The molecular weight excluding hydrogens is 178 g/mol. The molecule has 1 nitrogen and oxygen atoms in total. The molecule has 0 aromatic rings. The Balaban J connectivity index is 3.75. The molecular formula is C11H25NS. The molecule has 0 saturated carbocycles. The third-order valence-corrected chi connectivity index (χ3v) is 3.13. The van der Waals surface area contributed by atoms with E-state index in [0.29, 0.717) is 0 Å². The standard InChI is InChI=1S/C11H25NS/c1-5-7-10(3)11(9-13-4)12-8-6-2/h10-12H,5-9H2,1-4H3. The Kier molecular flexibility index (Phi) is 9.10. The van der Waals surface area contributed by atoms with Gasteiger partial charge in [-0.1, -0.05) is 27.2 Å². The van der Waals surface area contributed by atoms with Gasteiger partial charge in [-0.15, -0.1) is 0 Å². The second-order valence-corrected chi connectivity index (χ2v) is 4.69. The van der Waals surface area contributed by atoms with Gasteiger partial charge < -0.3 is 5.32 Å². The van der Waals surface area contributed by atoms with Crippen molar-refractivity contribution < 1.29 is 0 Å². The molecule has 0 aliphatic carbocycles. The van der Waals surface area contributed by atoms with Crippen molar-refractivity contribution in [2.45, 2.75) is 46.1 Å². The molecule has 0 bridgehead atoms. The molecule has 0 heterocycles. The van der Waals surface area contributed by atoms with Gasteiger partial charge in [-0.05, 0) is 31.6 Å². The van der Waals surface area contributed by atoms with Crippen molar-refractivity contribution in [3.8, 4) is 0 Å². The van der Waals surface area contributed by atoms with Gasteiger partial charge >= 0.3 is 0 Å². The minimum Gasteiger partial charge on any atom is -0.313 e. The fourth-order valence-corrected chi connectivity index (χ4v) is 2.40. The van der Waals surface area contributed by atoms with E-state index in [-0.39, 0.29) is 0 Å². The van der Waals surface area contributed by atoms with Crippen molar-refractivity contribution >= 4 is 11.8 Å². The van der Waals surface area contributed by atoms with Crippen LogP contribution < -0.4 is 5.32 Å². The van der Waals surface area contributed by atoms with Crippen molar-refractivity contribution in [2.24, 2.45) is 5.92 Å². The topological polar surface area (TPSA) is 12.0 Å². The fraction of sp³-hybridized carbons (Fsp3) is 1.00. The average molecular weight is 203 g/mol. The summed E-state index contributed by atoms with van der Waals surface area (Å²) in [4.78, 5) is 0. The van der Waals surface area contributed by atoms with Crippen LogP contribution in [0.4, 0.5) is 0 Å². The number of nitrogens with one attached hydrogen (secondary N) is 1. The highest BCUT2D eigenvalue weighted by atomic mass is 32.2. The third-order valence-electron chi connectivity index (χ3n) is 2.43. The van der Waals surface area contributed by atoms with Gasteiger partial charge in [-0.2, -0.15) is 11.8 Å². The number of hydrogen-bond donors (Lipinski definition) is 1. The molecule has 0 aromatic heterocycles. The molecule has 0 aromatic carbocycles. The number of hydrogen-bond acceptors (Lipinski definition) is 2. The van der Waals surface area contributed by atoms with E-state index in [0.717, 1.165) is 12.0 Å². The van der Waals surface area contributed by atoms with Crippen LogP contribution in [0.25, 0.3) is 0 Å².